The van der Waals surface area contributed by atoms with E-state index in [0.29, 0.717) is 12.3 Å². The maximum Gasteiger partial charge on any atom is 0.258 e. The maximum atomic E-state index is 11.9. The molecule has 2 aromatic carbocycles. The van der Waals surface area contributed by atoms with Crippen molar-refractivity contribution in [2.24, 2.45) is 0 Å². The summed E-state index contributed by atoms with van der Waals surface area (Å²) in [5, 5.41) is 7.12. The molecule has 3 aromatic rings. The smallest absolute Gasteiger partial charge is 0.258 e. The third-order valence-corrected chi connectivity index (χ3v) is 3.81. The number of nitrogens with one attached hydrogen (secondary N) is 1. The first-order valence-corrected chi connectivity index (χ1v) is 8.24. The van der Waals surface area contributed by atoms with Crippen molar-refractivity contribution in [1.82, 2.24) is 15.1 Å². The van der Waals surface area contributed by atoms with Gasteiger partial charge in [0, 0.05) is 22.8 Å². The largest absolute Gasteiger partial charge is 0.484 e. The Labute approximate surface area is 148 Å². The summed E-state index contributed by atoms with van der Waals surface area (Å²) in [5.74, 6) is 0.471. The molecule has 0 saturated carbocycles. The number of para-hydroxylation sites is 1. The van der Waals surface area contributed by atoms with Crippen molar-refractivity contribution in [1.29, 1.82) is 0 Å². The van der Waals surface area contributed by atoms with E-state index in [-0.39, 0.29) is 12.5 Å². The molecule has 0 aliphatic carbocycles. The molecule has 122 valence electrons. The normalized spacial score (nSPS) is 10.4. The van der Waals surface area contributed by atoms with Crippen molar-refractivity contribution < 1.29 is 9.53 Å². The van der Waals surface area contributed by atoms with Gasteiger partial charge in [0.05, 0.1) is 11.9 Å². The van der Waals surface area contributed by atoms with Gasteiger partial charge in [-0.2, -0.15) is 5.10 Å². The van der Waals surface area contributed by atoms with Crippen LogP contribution in [0.4, 0.5) is 0 Å². The standard InChI is InChI=1S/C18H16BrN3O2/c19-15-5-4-8-17(9-15)24-13-18(23)20-10-14-11-21-22(12-14)16-6-2-1-3-7-16/h1-9,11-12H,10,13H2,(H,20,23). The Morgan fingerprint density at radius 2 is 2.00 bits per heavy atom. The molecule has 0 saturated heterocycles. The number of rotatable bonds is 6. The SMILES string of the molecule is O=C(COc1cccc(Br)c1)NCc1cnn(-c2ccccc2)c1. The van der Waals surface area contributed by atoms with E-state index in [1.165, 1.54) is 0 Å². The van der Waals surface area contributed by atoms with E-state index in [4.69, 9.17) is 4.74 Å². The van der Waals surface area contributed by atoms with Gasteiger partial charge in [-0.25, -0.2) is 4.68 Å². The average Bonchev–Trinajstić information content (AvgIpc) is 3.08. The minimum atomic E-state index is -0.178. The van der Waals surface area contributed by atoms with Crippen LogP contribution >= 0.6 is 15.9 Å². The highest BCUT2D eigenvalue weighted by atomic mass is 79.9. The van der Waals surface area contributed by atoms with Crippen molar-refractivity contribution in [2.45, 2.75) is 6.54 Å². The Hall–Kier alpha value is -2.60. The van der Waals surface area contributed by atoms with Crippen molar-refractivity contribution in [3.05, 3.63) is 77.0 Å². The van der Waals surface area contributed by atoms with Crippen molar-refractivity contribution in [3.8, 4) is 11.4 Å². The molecule has 0 spiro atoms. The van der Waals surface area contributed by atoms with Crippen LogP contribution < -0.4 is 10.1 Å². The average molecular weight is 386 g/mol. The molecule has 3 rings (SSSR count). The fraction of sp³-hybridized carbons (Fsp3) is 0.111. The monoisotopic (exact) mass is 385 g/mol. The van der Waals surface area contributed by atoms with Crippen LogP contribution in [-0.4, -0.2) is 22.3 Å². The predicted molar refractivity (Wildman–Crippen MR) is 95.0 cm³/mol. The van der Waals surface area contributed by atoms with Gasteiger partial charge in [0.2, 0.25) is 0 Å². The van der Waals surface area contributed by atoms with Crippen LogP contribution in [0, 0.1) is 0 Å². The Morgan fingerprint density at radius 3 is 2.79 bits per heavy atom. The number of hydrogen-bond donors (Lipinski definition) is 1. The van der Waals surface area contributed by atoms with E-state index in [9.17, 15) is 4.79 Å². The molecule has 1 aromatic heterocycles. The summed E-state index contributed by atoms with van der Waals surface area (Å²) in [5.41, 5.74) is 1.91. The highest BCUT2D eigenvalue weighted by Crippen LogP contribution is 2.17. The zero-order chi connectivity index (χ0) is 16.8. The highest BCUT2D eigenvalue weighted by molar-refractivity contribution is 9.10. The Bertz CT molecular complexity index is 818. The van der Waals surface area contributed by atoms with Gasteiger partial charge in [-0.05, 0) is 30.3 Å². The van der Waals surface area contributed by atoms with Crippen molar-refractivity contribution in [2.75, 3.05) is 6.61 Å². The van der Waals surface area contributed by atoms with Crippen LogP contribution in [0.1, 0.15) is 5.56 Å². The number of nitrogens with zero attached hydrogens (tertiary/aromatic N) is 2. The van der Waals surface area contributed by atoms with Gasteiger partial charge in [-0.1, -0.05) is 40.2 Å². The summed E-state index contributed by atoms with van der Waals surface area (Å²) in [6.07, 6.45) is 3.63. The third kappa shape index (κ3) is 4.45. The summed E-state index contributed by atoms with van der Waals surface area (Å²) in [4.78, 5) is 11.9. The Kier molecular flexibility index (Phi) is 5.28. The van der Waals surface area contributed by atoms with Gasteiger partial charge in [0.1, 0.15) is 5.75 Å². The van der Waals surface area contributed by atoms with E-state index >= 15 is 0 Å². The van der Waals surface area contributed by atoms with Crippen LogP contribution in [-0.2, 0) is 11.3 Å². The van der Waals surface area contributed by atoms with Gasteiger partial charge in [-0.15, -0.1) is 0 Å². The van der Waals surface area contributed by atoms with E-state index in [1.54, 1.807) is 10.9 Å². The number of benzene rings is 2. The Balaban J connectivity index is 1.49. The van der Waals surface area contributed by atoms with Gasteiger partial charge < -0.3 is 10.1 Å². The van der Waals surface area contributed by atoms with Crippen LogP contribution in [0.5, 0.6) is 5.75 Å². The molecule has 0 bridgehead atoms. The lowest BCUT2D eigenvalue weighted by molar-refractivity contribution is -0.123. The molecule has 0 fully saturated rings. The Morgan fingerprint density at radius 1 is 1.17 bits per heavy atom. The number of aromatic nitrogens is 2. The molecule has 5 nitrogen and oxygen atoms in total. The summed E-state index contributed by atoms with van der Waals surface area (Å²) in [6.45, 7) is 0.386. The summed E-state index contributed by atoms with van der Waals surface area (Å²) in [6, 6.07) is 17.2. The number of carbonyl (C=O) groups excluding carboxylic acids is 1. The lowest BCUT2D eigenvalue weighted by Gasteiger charge is -2.07. The third-order valence-electron chi connectivity index (χ3n) is 3.31. The van der Waals surface area contributed by atoms with Crippen LogP contribution in [0.2, 0.25) is 0 Å². The summed E-state index contributed by atoms with van der Waals surface area (Å²) >= 11 is 3.36. The predicted octanol–water partition coefficient (Wildman–Crippen LogP) is 3.33. The van der Waals surface area contributed by atoms with E-state index in [0.717, 1.165) is 15.7 Å². The molecule has 1 N–H and O–H groups in total. The van der Waals surface area contributed by atoms with E-state index in [2.05, 4.69) is 26.3 Å². The van der Waals surface area contributed by atoms with Crippen LogP contribution in [0.3, 0.4) is 0 Å². The van der Waals surface area contributed by atoms with Crippen LogP contribution in [0.15, 0.2) is 71.5 Å². The van der Waals surface area contributed by atoms with Crippen molar-refractivity contribution in [3.63, 3.8) is 0 Å². The number of halogens is 1. The quantitative estimate of drug-likeness (QED) is 0.707. The minimum absolute atomic E-state index is 0.0245. The zero-order valence-corrected chi connectivity index (χ0v) is 14.4. The highest BCUT2D eigenvalue weighted by Gasteiger charge is 2.05. The molecular weight excluding hydrogens is 370 g/mol. The molecule has 24 heavy (non-hydrogen) atoms. The molecule has 1 heterocycles. The number of ether oxygens (including phenoxy) is 1. The maximum absolute atomic E-state index is 11.9. The second-order valence-electron chi connectivity index (χ2n) is 5.15. The molecule has 0 aliphatic heterocycles. The first kappa shape index (κ1) is 16.3. The first-order chi connectivity index (χ1) is 11.7. The molecule has 6 heteroatoms. The topological polar surface area (TPSA) is 56.1 Å². The number of carbonyl (C=O) groups is 1. The molecule has 0 aliphatic rings. The molecule has 1 amide bonds. The number of amides is 1. The van der Waals surface area contributed by atoms with Gasteiger partial charge in [0.15, 0.2) is 6.61 Å². The van der Waals surface area contributed by atoms with Gasteiger partial charge in [0.25, 0.3) is 5.91 Å². The lowest BCUT2D eigenvalue weighted by atomic mass is 10.3. The first-order valence-electron chi connectivity index (χ1n) is 7.45. The second-order valence-corrected chi connectivity index (χ2v) is 6.07. The molecule has 0 atom stereocenters. The molecule has 0 radical (unpaired) electrons. The molecule has 0 unspecified atom stereocenters. The fourth-order valence-corrected chi connectivity index (χ4v) is 2.51. The second kappa shape index (κ2) is 7.79. The van der Waals surface area contributed by atoms with Crippen molar-refractivity contribution >= 4 is 21.8 Å². The van der Waals surface area contributed by atoms with Gasteiger partial charge in [-0.3, -0.25) is 4.79 Å². The minimum Gasteiger partial charge on any atom is -0.484 e. The number of hydrogen-bond acceptors (Lipinski definition) is 3. The summed E-state index contributed by atoms with van der Waals surface area (Å²) in [7, 11) is 0. The van der Waals surface area contributed by atoms with Gasteiger partial charge >= 0.3 is 0 Å². The fourth-order valence-electron chi connectivity index (χ4n) is 2.13. The van der Waals surface area contributed by atoms with E-state index in [1.807, 2.05) is 60.8 Å². The zero-order valence-electron chi connectivity index (χ0n) is 12.9. The van der Waals surface area contributed by atoms with Crippen LogP contribution in [0.25, 0.3) is 5.69 Å². The summed E-state index contributed by atoms with van der Waals surface area (Å²) < 4.78 is 8.14. The lowest BCUT2D eigenvalue weighted by Crippen LogP contribution is -2.28. The molecular formula is C18H16BrN3O2. The van der Waals surface area contributed by atoms with E-state index < -0.39 is 0 Å².